The summed E-state index contributed by atoms with van der Waals surface area (Å²) in [6, 6.07) is 0. The maximum Gasteiger partial charge on any atom is 0.229 e. The van der Waals surface area contributed by atoms with Gasteiger partial charge in [0.1, 0.15) is 0 Å². The number of nitrogens with one attached hydrogen (secondary N) is 1. The van der Waals surface area contributed by atoms with Gasteiger partial charge in [0.05, 0.1) is 5.41 Å². The fraction of sp³-hybridized carbons (Fsp3) is 0.933. The highest BCUT2D eigenvalue weighted by Crippen LogP contribution is 2.48. The summed E-state index contributed by atoms with van der Waals surface area (Å²) in [4.78, 5) is 14.6. The summed E-state index contributed by atoms with van der Waals surface area (Å²) in [5.41, 5.74) is -0.146. The Kier molecular flexibility index (Phi) is 3.13. The number of hydrogen-bond donors (Lipinski definition) is 1. The molecule has 0 aromatic heterocycles. The minimum atomic E-state index is -0.146. The van der Waals surface area contributed by atoms with Crippen molar-refractivity contribution in [3.63, 3.8) is 0 Å². The normalized spacial score (nSPS) is 42.4. The van der Waals surface area contributed by atoms with Crippen molar-refractivity contribution in [2.24, 2.45) is 23.2 Å². The monoisotopic (exact) mass is 250 g/mol. The van der Waals surface area contributed by atoms with Crippen LogP contribution in [0.1, 0.15) is 39.0 Å². The van der Waals surface area contributed by atoms with Crippen LogP contribution in [0.2, 0.25) is 0 Å². The van der Waals surface area contributed by atoms with Crippen LogP contribution in [0.3, 0.4) is 0 Å². The molecule has 2 bridgehead atoms. The lowest BCUT2D eigenvalue weighted by molar-refractivity contribution is -0.139. The van der Waals surface area contributed by atoms with Crippen LogP contribution in [0.5, 0.6) is 0 Å². The van der Waals surface area contributed by atoms with E-state index in [0.29, 0.717) is 5.91 Å². The SMILES string of the molecule is CN(CC1CC2CCC1C2)C(=O)C1(C)CCNC1. The molecular weight excluding hydrogens is 224 g/mol. The lowest BCUT2D eigenvalue weighted by Gasteiger charge is -2.32. The maximum absolute atomic E-state index is 12.5. The van der Waals surface area contributed by atoms with E-state index >= 15 is 0 Å². The van der Waals surface area contributed by atoms with E-state index < -0.39 is 0 Å². The van der Waals surface area contributed by atoms with Crippen molar-refractivity contribution in [1.29, 1.82) is 0 Å². The number of hydrogen-bond acceptors (Lipinski definition) is 2. The predicted octanol–water partition coefficient (Wildman–Crippen LogP) is 1.88. The molecule has 3 nitrogen and oxygen atoms in total. The van der Waals surface area contributed by atoms with Gasteiger partial charge in [0, 0.05) is 20.1 Å². The molecular formula is C15H26N2O. The second kappa shape index (κ2) is 4.52. The zero-order valence-corrected chi connectivity index (χ0v) is 11.7. The van der Waals surface area contributed by atoms with E-state index in [1.165, 1.54) is 25.7 Å². The third-order valence-electron chi connectivity index (χ3n) is 5.62. The minimum Gasteiger partial charge on any atom is -0.345 e. The average molecular weight is 250 g/mol. The van der Waals surface area contributed by atoms with Crippen molar-refractivity contribution in [1.82, 2.24) is 10.2 Å². The molecule has 0 radical (unpaired) electrons. The molecule has 18 heavy (non-hydrogen) atoms. The molecule has 3 aliphatic rings. The summed E-state index contributed by atoms with van der Waals surface area (Å²) in [7, 11) is 2.01. The molecule has 102 valence electrons. The van der Waals surface area contributed by atoms with Gasteiger partial charge in [0.2, 0.25) is 5.91 Å². The number of nitrogens with zero attached hydrogens (tertiary/aromatic N) is 1. The Morgan fingerprint density at radius 3 is 2.78 bits per heavy atom. The Hall–Kier alpha value is -0.570. The van der Waals surface area contributed by atoms with E-state index in [4.69, 9.17) is 0 Å². The third kappa shape index (κ3) is 2.07. The molecule has 0 aromatic carbocycles. The number of amides is 1. The molecule has 4 unspecified atom stereocenters. The van der Waals surface area contributed by atoms with Gasteiger partial charge in [-0.15, -0.1) is 0 Å². The fourth-order valence-corrected chi connectivity index (χ4v) is 4.50. The first-order valence-corrected chi connectivity index (χ1v) is 7.55. The van der Waals surface area contributed by atoms with E-state index in [1.54, 1.807) is 0 Å². The van der Waals surface area contributed by atoms with E-state index in [9.17, 15) is 4.79 Å². The van der Waals surface area contributed by atoms with Crippen LogP contribution in [-0.2, 0) is 4.79 Å². The van der Waals surface area contributed by atoms with Gasteiger partial charge in [-0.25, -0.2) is 0 Å². The highest BCUT2D eigenvalue weighted by molar-refractivity contribution is 5.82. The summed E-state index contributed by atoms with van der Waals surface area (Å²) in [6.07, 6.45) is 6.66. The second-order valence-electron chi connectivity index (χ2n) is 7.11. The largest absolute Gasteiger partial charge is 0.345 e. The summed E-state index contributed by atoms with van der Waals surface area (Å²) in [6.45, 7) is 4.96. The average Bonchev–Trinajstić information content (AvgIpc) is 3.04. The van der Waals surface area contributed by atoms with Gasteiger partial charge in [-0.05, 0) is 56.9 Å². The molecule has 1 amide bonds. The van der Waals surface area contributed by atoms with E-state index in [0.717, 1.165) is 43.8 Å². The van der Waals surface area contributed by atoms with Crippen LogP contribution in [0.25, 0.3) is 0 Å². The second-order valence-corrected chi connectivity index (χ2v) is 7.11. The Bertz CT molecular complexity index is 335. The molecule has 3 rings (SSSR count). The lowest BCUT2D eigenvalue weighted by Crippen LogP contribution is -2.44. The smallest absolute Gasteiger partial charge is 0.229 e. The molecule has 0 spiro atoms. The molecule has 1 N–H and O–H groups in total. The highest BCUT2D eigenvalue weighted by Gasteiger charge is 2.42. The maximum atomic E-state index is 12.5. The summed E-state index contributed by atoms with van der Waals surface area (Å²) < 4.78 is 0. The van der Waals surface area contributed by atoms with Gasteiger partial charge in [0.25, 0.3) is 0 Å². The summed E-state index contributed by atoms with van der Waals surface area (Å²) in [5, 5.41) is 3.32. The summed E-state index contributed by atoms with van der Waals surface area (Å²) >= 11 is 0. The molecule has 3 heteroatoms. The lowest BCUT2D eigenvalue weighted by atomic mass is 9.85. The van der Waals surface area contributed by atoms with Crippen molar-refractivity contribution in [3.8, 4) is 0 Å². The van der Waals surface area contributed by atoms with Crippen LogP contribution in [0.4, 0.5) is 0 Å². The van der Waals surface area contributed by atoms with Crippen molar-refractivity contribution in [2.45, 2.75) is 39.0 Å². The number of carbonyl (C=O) groups excluding carboxylic acids is 1. The van der Waals surface area contributed by atoms with Gasteiger partial charge in [-0.2, -0.15) is 0 Å². The highest BCUT2D eigenvalue weighted by atomic mass is 16.2. The van der Waals surface area contributed by atoms with Crippen LogP contribution in [-0.4, -0.2) is 37.5 Å². The minimum absolute atomic E-state index is 0.146. The quantitative estimate of drug-likeness (QED) is 0.829. The van der Waals surface area contributed by atoms with Crippen molar-refractivity contribution in [3.05, 3.63) is 0 Å². The van der Waals surface area contributed by atoms with E-state index in [1.807, 2.05) is 11.9 Å². The van der Waals surface area contributed by atoms with Gasteiger partial charge >= 0.3 is 0 Å². The fourth-order valence-electron chi connectivity index (χ4n) is 4.50. The first kappa shape index (κ1) is 12.5. The Morgan fingerprint density at radius 1 is 1.39 bits per heavy atom. The first-order chi connectivity index (χ1) is 8.58. The number of fused-ring (bicyclic) bond motifs is 2. The van der Waals surface area contributed by atoms with Gasteiger partial charge < -0.3 is 10.2 Å². The molecule has 1 saturated heterocycles. The van der Waals surface area contributed by atoms with Gasteiger partial charge in [-0.1, -0.05) is 6.42 Å². The number of carbonyl (C=O) groups is 1. The zero-order chi connectivity index (χ0) is 12.8. The van der Waals surface area contributed by atoms with Crippen molar-refractivity contribution < 1.29 is 4.79 Å². The Balaban J connectivity index is 1.58. The Labute approximate surface area is 110 Å². The third-order valence-corrected chi connectivity index (χ3v) is 5.62. The molecule has 1 heterocycles. The van der Waals surface area contributed by atoms with Crippen LogP contribution in [0.15, 0.2) is 0 Å². The van der Waals surface area contributed by atoms with Gasteiger partial charge in [0.15, 0.2) is 0 Å². The van der Waals surface area contributed by atoms with Gasteiger partial charge in [-0.3, -0.25) is 4.79 Å². The predicted molar refractivity (Wildman–Crippen MR) is 72.2 cm³/mol. The topological polar surface area (TPSA) is 32.3 Å². The molecule has 0 aromatic rings. The van der Waals surface area contributed by atoms with Crippen molar-refractivity contribution in [2.75, 3.05) is 26.7 Å². The Morgan fingerprint density at radius 2 is 2.22 bits per heavy atom. The van der Waals surface area contributed by atoms with Crippen LogP contribution < -0.4 is 5.32 Å². The van der Waals surface area contributed by atoms with Crippen LogP contribution >= 0.6 is 0 Å². The standard InChI is InChI=1S/C15H26N2O/c1-15(5-6-16-10-15)14(18)17(2)9-13-8-11-3-4-12(13)7-11/h11-13,16H,3-10H2,1-2H3. The van der Waals surface area contributed by atoms with Crippen LogP contribution in [0, 0.1) is 23.2 Å². The molecule has 4 atom stereocenters. The zero-order valence-electron chi connectivity index (χ0n) is 11.7. The molecule has 2 saturated carbocycles. The van der Waals surface area contributed by atoms with Crippen molar-refractivity contribution >= 4 is 5.91 Å². The van der Waals surface area contributed by atoms with E-state index in [-0.39, 0.29) is 5.41 Å². The summed E-state index contributed by atoms with van der Waals surface area (Å²) in [5.74, 6) is 3.04. The molecule has 1 aliphatic heterocycles. The molecule has 3 fully saturated rings. The first-order valence-electron chi connectivity index (χ1n) is 7.55. The number of rotatable bonds is 3. The van der Waals surface area contributed by atoms with E-state index in [2.05, 4.69) is 12.2 Å². The molecule has 2 aliphatic carbocycles.